The molecule has 1 amide bonds. The van der Waals surface area contributed by atoms with Crippen LogP contribution in [-0.4, -0.2) is 23.5 Å². The average Bonchev–Trinajstić information content (AvgIpc) is 2.88. The minimum atomic E-state index is -0.110. The Morgan fingerprint density at radius 3 is 2.79 bits per heavy atom. The highest BCUT2D eigenvalue weighted by Gasteiger charge is 2.33. The standard InChI is InChI=1S/C14H18ClNOS2/c1-19-14(6-2-3-7-14)9-16-13(17)11-8-10(18)4-5-12(11)15/h4-5,8,18H,2-3,6-7,9H2,1H3,(H,16,17). The lowest BCUT2D eigenvalue weighted by molar-refractivity contribution is 0.0949. The van der Waals surface area contributed by atoms with Gasteiger partial charge in [0.1, 0.15) is 0 Å². The molecular weight excluding hydrogens is 298 g/mol. The number of rotatable bonds is 4. The lowest BCUT2D eigenvalue weighted by Gasteiger charge is -2.27. The smallest absolute Gasteiger partial charge is 0.252 e. The summed E-state index contributed by atoms with van der Waals surface area (Å²) in [6.45, 7) is 0.708. The highest BCUT2D eigenvalue weighted by molar-refractivity contribution is 8.00. The van der Waals surface area contributed by atoms with Crippen LogP contribution in [0.4, 0.5) is 0 Å². The van der Waals surface area contributed by atoms with Gasteiger partial charge in [-0.15, -0.1) is 12.6 Å². The van der Waals surface area contributed by atoms with Gasteiger partial charge in [-0.05, 0) is 37.3 Å². The molecule has 0 aliphatic heterocycles. The molecule has 1 saturated carbocycles. The van der Waals surface area contributed by atoms with Crippen molar-refractivity contribution in [2.45, 2.75) is 35.3 Å². The zero-order valence-electron chi connectivity index (χ0n) is 10.9. The summed E-state index contributed by atoms with van der Waals surface area (Å²) in [6, 6.07) is 5.20. The number of carbonyl (C=O) groups is 1. The van der Waals surface area contributed by atoms with Gasteiger partial charge in [-0.2, -0.15) is 11.8 Å². The molecule has 2 nitrogen and oxygen atoms in total. The number of thioether (sulfide) groups is 1. The van der Waals surface area contributed by atoms with Crippen molar-refractivity contribution in [2.75, 3.05) is 12.8 Å². The van der Waals surface area contributed by atoms with Gasteiger partial charge in [-0.1, -0.05) is 24.4 Å². The van der Waals surface area contributed by atoms with E-state index in [2.05, 4.69) is 24.2 Å². The van der Waals surface area contributed by atoms with Gasteiger partial charge in [-0.3, -0.25) is 4.79 Å². The molecule has 1 aliphatic carbocycles. The monoisotopic (exact) mass is 315 g/mol. The minimum Gasteiger partial charge on any atom is -0.351 e. The minimum absolute atomic E-state index is 0.110. The van der Waals surface area contributed by atoms with Gasteiger partial charge in [0.25, 0.3) is 5.91 Å². The van der Waals surface area contributed by atoms with Crippen LogP contribution in [-0.2, 0) is 0 Å². The van der Waals surface area contributed by atoms with E-state index in [4.69, 9.17) is 11.6 Å². The van der Waals surface area contributed by atoms with E-state index in [-0.39, 0.29) is 10.7 Å². The first kappa shape index (κ1) is 15.1. The van der Waals surface area contributed by atoms with Gasteiger partial charge in [0.15, 0.2) is 0 Å². The number of thiol groups is 1. The zero-order valence-corrected chi connectivity index (χ0v) is 13.4. The Kier molecular flexibility index (Phi) is 5.09. The number of carbonyl (C=O) groups excluding carboxylic acids is 1. The Bertz CT molecular complexity index is 473. The summed E-state index contributed by atoms with van der Waals surface area (Å²) in [5, 5.41) is 3.49. The predicted octanol–water partition coefficient (Wildman–Crippen LogP) is 4.03. The molecule has 0 aromatic heterocycles. The van der Waals surface area contributed by atoms with Crippen LogP contribution in [0.15, 0.2) is 23.1 Å². The molecule has 2 rings (SSSR count). The van der Waals surface area contributed by atoms with E-state index in [0.717, 1.165) is 4.90 Å². The van der Waals surface area contributed by atoms with E-state index in [1.165, 1.54) is 25.7 Å². The first-order valence-corrected chi connectivity index (χ1v) is 8.43. The molecule has 104 valence electrons. The lowest BCUT2D eigenvalue weighted by Crippen LogP contribution is -2.38. The maximum Gasteiger partial charge on any atom is 0.252 e. The molecular formula is C14H18ClNOS2. The maximum absolute atomic E-state index is 12.2. The molecule has 1 aromatic carbocycles. The fourth-order valence-electron chi connectivity index (χ4n) is 2.50. The molecule has 0 saturated heterocycles. The summed E-state index contributed by atoms with van der Waals surface area (Å²) < 4.78 is 0.209. The second-order valence-electron chi connectivity index (χ2n) is 4.94. The summed E-state index contributed by atoms with van der Waals surface area (Å²) in [6.07, 6.45) is 6.98. The van der Waals surface area contributed by atoms with E-state index in [9.17, 15) is 4.79 Å². The van der Waals surface area contributed by atoms with E-state index < -0.39 is 0 Å². The third-order valence-corrected chi connectivity index (χ3v) is 5.74. The molecule has 0 heterocycles. The topological polar surface area (TPSA) is 29.1 Å². The zero-order chi connectivity index (χ0) is 13.9. The largest absolute Gasteiger partial charge is 0.351 e. The van der Waals surface area contributed by atoms with Crippen LogP contribution >= 0.6 is 36.0 Å². The van der Waals surface area contributed by atoms with Crippen LogP contribution in [0.25, 0.3) is 0 Å². The van der Waals surface area contributed by atoms with Crippen LogP contribution in [0.2, 0.25) is 5.02 Å². The molecule has 1 aliphatic rings. The Hall–Kier alpha value is -0.320. The van der Waals surface area contributed by atoms with E-state index in [0.29, 0.717) is 17.1 Å². The molecule has 0 spiro atoms. The van der Waals surface area contributed by atoms with Crippen molar-refractivity contribution in [3.63, 3.8) is 0 Å². The molecule has 5 heteroatoms. The number of amides is 1. The van der Waals surface area contributed by atoms with Crippen LogP contribution in [0.5, 0.6) is 0 Å². The highest BCUT2D eigenvalue weighted by Crippen LogP contribution is 2.39. The molecule has 1 fully saturated rings. The Labute approximate surface area is 129 Å². The van der Waals surface area contributed by atoms with Gasteiger partial charge in [-0.25, -0.2) is 0 Å². The summed E-state index contributed by atoms with van der Waals surface area (Å²) in [5.41, 5.74) is 0.503. The fourth-order valence-corrected chi connectivity index (χ4v) is 3.82. The Morgan fingerprint density at radius 1 is 1.47 bits per heavy atom. The van der Waals surface area contributed by atoms with Crippen LogP contribution in [0.3, 0.4) is 0 Å². The molecule has 19 heavy (non-hydrogen) atoms. The second-order valence-corrected chi connectivity index (χ2v) is 7.14. The second kappa shape index (κ2) is 6.42. The number of halogens is 1. The summed E-state index contributed by atoms with van der Waals surface area (Å²) in [5.74, 6) is -0.110. The number of hydrogen-bond donors (Lipinski definition) is 2. The molecule has 0 atom stereocenters. The fraction of sp³-hybridized carbons (Fsp3) is 0.500. The van der Waals surface area contributed by atoms with Crippen molar-refractivity contribution in [3.05, 3.63) is 28.8 Å². The Balaban J connectivity index is 2.03. The predicted molar refractivity (Wildman–Crippen MR) is 85.8 cm³/mol. The summed E-state index contributed by atoms with van der Waals surface area (Å²) >= 11 is 12.2. The molecule has 1 aromatic rings. The first-order chi connectivity index (χ1) is 9.06. The van der Waals surface area contributed by atoms with Crippen LogP contribution in [0.1, 0.15) is 36.0 Å². The maximum atomic E-state index is 12.2. The van der Waals surface area contributed by atoms with Gasteiger partial charge in [0, 0.05) is 16.2 Å². The van der Waals surface area contributed by atoms with E-state index in [1.807, 2.05) is 11.8 Å². The van der Waals surface area contributed by atoms with Gasteiger partial charge in [0.05, 0.1) is 10.6 Å². The van der Waals surface area contributed by atoms with Gasteiger partial charge < -0.3 is 5.32 Å². The van der Waals surface area contributed by atoms with E-state index in [1.54, 1.807) is 18.2 Å². The van der Waals surface area contributed by atoms with E-state index >= 15 is 0 Å². The number of benzene rings is 1. The average molecular weight is 316 g/mol. The van der Waals surface area contributed by atoms with Crippen molar-refractivity contribution in [3.8, 4) is 0 Å². The quantitative estimate of drug-likeness (QED) is 0.821. The highest BCUT2D eigenvalue weighted by atomic mass is 35.5. The first-order valence-electron chi connectivity index (χ1n) is 6.38. The van der Waals surface area contributed by atoms with Crippen molar-refractivity contribution < 1.29 is 4.79 Å². The van der Waals surface area contributed by atoms with Crippen LogP contribution in [0, 0.1) is 0 Å². The van der Waals surface area contributed by atoms with Crippen LogP contribution < -0.4 is 5.32 Å². The van der Waals surface area contributed by atoms with Crippen molar-refractivity contribution in [1.82, 2.24) is 5.32 Å². The number of hydrogen-bond acceptors (Lipinski definition) is 3. The molecule has 1 N–H and O–H groups in total. The van der Waals surface area contributed by atoms with Crippen molar-refractivity contribution >= 4 is 41.9 Å². The molecule has 0 bridgehead atoms. The SMILES string of the molecule is CSC1(CNC(=O)c2cc(S)ccc2Cl)CCCC1. The molecule has 0 radical (unpaired) electrons. The summed E-state index contributed by atoms with van der Waals surface area (Å²) in [7, 11) is 0. The van der Waals surface area contributed by atoms with Crippen molar-refractivity contribution in [1.29, 1.82) is 0 Å². The van der Waals surface area contributed by atoms with Gasteiger partial charge >= 0.3 is 0 Å². The summed E-state index contributed by atoms with van der Waals surface area (Å²) in [4.78, 5) is 12.9. The lowest BCUT2D eigenvalue weighted by atomic mass is 10.1. The van der Waals surface area contributed by atoms with Gasteiger partial charge in [0.2, 0.25) is 0 Å². The third kappa shape index (κ3) is 3.61. The number of nitrogens with one attached hydrogen (secondary N) is 1. The van der Waals surface area contributed by atoms with Crippen molar-refractivity contribution in [2.24, 2.45) is 0 Å². The Morgan fingerprint density at radius 2 is 2.16 bits per heavy atom. The molecule has 0 unspecified atom stereocenters. The third-order valence-electron chi connectivity index (χ3n) is 3.71. The normalized spacial score (nSPS) is 17.4.